The van der Waals surface area contributed by atoms with Crippen molar-refractivity contribution in [1.29, 1.82) is 0 Å². The second-order valence-corrected chi connectivity index (χ2v) is 8.77. The number of hydrogen-bond donors (Lipinski definition) is 1. The van der Waals surface area contributed by atoms with E-state index in [1.165, 1.54) is 15.9 Å². The van der Waals surface area contributed by atoms with Crippen LogP contribution in [0, 0.1) is 0 Å². The molecule has 0 aliphatic heterocycles. The Balaban J connectivity index is 1.70. The number of halogens is 1. The van der Waals surface area contributed by atoms with E-state index in [1.54, 1.807) is 18.5 Å². The molecule has 1 N–H and O–H groups in total. The summed E-state index contributed by atoms with van der Waals surface area (Å²) in [5.74, 6) is -0.782. The molecule has 146 valence electrons. The number of carbonyl (C=O) groups excluding carboxylic acids is 2. The van der Waals surface area contributed by atoms with Crippen LogP contribution in [0.3, 0.4) is 0 Å². The van der Waals surface area contributed by atoms with Crippen molar-refractivity contribution in [3.8, 4) is 0 Å². The third-order valence-electron chi connectivity index (χ3n) is 4.50. The van der Waals surface area contributed by atoms with E-state index in [1.807, 2.05) is 13.8 Å². The Morgan fingerprint density at radius 1 is 1.32 bits per heavy atom. The fraction of sp³-hybridized carbons (Fsp3) is 0.368. The average molecular weight is 463 g/mol. The van der Waals surface area contributed by atoms with Crippen LogP contribution in [-0.2, 0) is 17.6 Å². The second kappa shape index (κ2) is 7.63. The number of hydrogen-bond acceptors (Lipinski definition) is 6. The van der Waals surface area contributed by atoms with Crippen LogP contribution < -0.4 is 5.32 Å². The molecule has 0 radical (unpaired) electrons. The van der Waals surface area contributed by atoms with Crippen LogP contribution in [0.4, 0.5) is 5.00 Å². The Morgan fingerprint density at radius 2 is 2.11 bits per heavy atom. The minimum atomic E-state index is -0.394. The molecule has 0 bridgehead atoms. The van der Waals surface area contributed by atoms with Crippen molar-refractivity contribution in [3.63, 3.8) is 0 Å². The zero-order chi connectivity index (χ0) is 19.8. The topological polar surface area (TPSA) is 85.6 Å². The Kier molecular flexibility index (Phi) is 5.20. The van der Waals surface area contributed by atoms with Gasteiger partial charge >= 0.3 is 5.97 Å². The maximum Gasteiger partial charge on any atom is 0.341 e. The number of nitrogens with one attached hydrogen (secondary N) is 1. The monoisotopic (exact) mass is 462 g/mol. The normalized spacial score (nSPS) is 13.6. The molecule has 1 aliphatic rings. The molecule has 1 aliphatic carbocycles. The van der Waals surface area contributed by atoms with Gasteiger partial charge in [0, 0.05) is 17.3 Å². The molecule has 1 amide bonds. The summed E-state index contributed by atoms with van der Waals surface area (Å²) in [6.07, 6.45) is 6.99. The summed E-state index contributed by atoms with van der Waals surface area (Å²) in [4.78, 5) is 31.0. The number of ether oxygens (including phenoxy) is 1. The first-order valence-corrected chi connectivity index (χ1v) is 10.7. The zero-order valence-corrected chi connectivity index (χ0v) is 17.9. The molecule has 3 aromatic rings. The Morgan fingerprint density at radius 3 is 2.86 bits per heavy atom. The van der Waals surface area contributed by atoms with Gasteiger partial charge < -0.3 is 10.1 Å². The number of aromatic nitrogens is 3. The summed E-state index contributed by atoms with van der Waals surface area (Å²) in [6, 6.07) is 1.74. The lowest BCUT2D eigenvalue weighted by Gasteiger charge is -2.14. The second-order valence-electron chi connectivity index (χ2n) is 6.87. The van der Waals surface area contributed by atoms with Crippen molar-refractivity contribution < 1.29 is 14.3 Å². The number of rotatable bonds is 4. The maximum absolute atomic E-state index is 12.9. The van der Waals surface area contributed by atoms with Crippen molar-refractivity contribution in [2.24, 2.45) is 0 Å². The number of aryl methyl sites for hydroxylation is 1. The summed E-state index contributed by atoms with van der Waals surface area (Å²) >= 11 is 4.86. The van der Waals surface area contributed by atoms with Crippen molar-refractivity contribution in [1.82, 2.24) is 14.6 Å². The molecule has 0 fully saturated rings. The fourth-order valence-electron chi connectivity index (χ4n) is 3.31. The fourth-order valence-corrected chi connectivity index (χ4v) is 5.13. The van der Waals surface area contributed by atoms with Gasteiger partial charge in [0.1, 0.15) is 5.00 Å². The maximum atomic E-state index is 12.9. The van der Waals surface area contributed by atoms with Crippen LogP contribution >= 0.6 is 27.3 Å². The molecule has 0 saturated carbocycles. The lowest BCUT2D eigenvalue weighted by atomic mass is 9.95. The van der Waals surface area contributed by atoms with Gasteiger partial charge in [0.15, 0.2) is 11.3 Å². The molecule has 0 spiro atoms. The molecular weight excluding hydrogens is 444 g/mol. The smallest absolute Gasteiger partial charge is 0.341 e. The third kappa shape index (κ3) is 3.44. The van der Waals surface area contributed by atoms with Crippen LogP contribution in [0.2, 0.25) is 0 Å². The van der Waals surface area contributed by atoms with Gasteiger partial charge in [-0.15, -0.1) is 11.3 Å². The Hall–Kier alpha value is -2.26. The van der Waals surface area contributed by atoms with Gasteiger partial charge in [0.25, 0.3) is 5.91 Å². The molecule has 3 heterocycles. The van der Waals surface area contributed by atoms with Gasteiger partial charge in [0.2, 0.25) is 0 Å². The predicted octanol–water partition coefficient (Wildman–Crippen LogP) is 4.25. The highest BCUT2D eigenvalue weighted by Crippen LogP contribution is 2.39. The first-order valence-electron chi connectivity index (χ1n) is 9.11. The predicted molar refractivity (Wildman–Crippen MR) is 110 cm³/mol. The highest BCUT2D eigenvalue weighted by Gasteiger charge is 2.29. The minimum Gasteiger partial charge on any atom is -0.459 e. The molecular formula is C19H19BrN4O3S. The summed E-state index contributed by atoms with van der Waals surface area (Å²) in [6.45, 7) is 3.63. The van der Waals surface area contributed by atoms with E-state index in [9.17, 15) is 9.59 Å². The lowest BCUT2D eigenvalue weighted by Crippen LogP contribution is -2.18. The number of nitrogens with zero attached hydrogens (tertiary/aromatic N) is 3. The highest BCUT2D eigenvalue weighted by atomic mass is 79.9. The molecule has 9 heteroatoms. The molecule has 4 rings (SSSR count). The van der Waals surface area contributed by atoms with Crippen LogP contribution in [0.25, 0.3) is 5.65 Å². The summed E-state index contributed by atoms with van der Waals surface area (Å²) in [5.41, 5.74) is 2.26. The van der Waals surface area contributed by atoms with E-state index < -0.39 is 5.91 Å². The number of amides is 1. The van der Waals surface area contributed by atoms with Crippen molar-refractivity contribution in [2.75, 3.05) is 5.32 Å². The minimum absolute atomic E-state index is 0.216. The summed E-state index contributed by atoms with van der Waals surface area (Å²) in [5, 5.41) is 7.71. The summed E-state index contributed by atoms with van der Waals surface area (Å²) in [7, 11) is 0. The van der Waals surface area contributed by atoms with Gasteiger partial charge in [-0.25, -0.2) is 14.3 Å². The molecule has 0 atom stereocenters. The quantitative estimate of drug-likeness (QED) is 0.585. The van der Waals surface area contributed by atoms with Crippen LogP contribution in [0.5, 0.6) is 0 Å². The summed E-state index contributed by atoms with van der Waals surface area (Å²) < 4.78 is 7.48. The SMILES string of the molecule is CC(C)OC(=O)c1c(NC(=O)c2nn3cccnc3c2Br)sc2c1CCCC2. The number of carbonyl (C=O) groups is 2. The standard InChI is InChI=1S/C19H19BrN4O3S/c1-10(2)27-19(26)13-11-6-3-4-7-12(11)28-18(13)22-17(25)15-14(20)16-21-8-5-9-24(16)23-15/h5,8-10H,3-4,6-7H2,1-2H3,(H,22,25). The third-order valence-corrected chi connectivity index (χ3v) is 6.44. The van der Waals surface area contributed by atoms with E-state index in [-0.39, 0.29) is 17.8 Å². The number of thiophene rings is 1. The Bertz CT molecular complexity index is 1070. The molecule has 3 aromatic heterocycles. The van der Waals surface area contributed by atoms with E-state index in [4.69, 9.17) is 4.74 Å². The Labute approximate surface area is 174 Å². The van der Waals surface area contributed by atoms with Gasteiger partial charge in [-0.3, -0.25) is 4.79 Å². The average Bonchev–Trinajstić information content (AvgIpc) is 3.19. The van der Waals surface area contributed by atoms with Crippen LogP contribution in [-0.4, -0.2) is 32.6 Å². The molecule has 0 aromatic carbocycles. The van der Waals surface area contributed by atoms with Crippen molar-refractivity contribution in [2.45, 2.75) is 45.6 Å². The van der Waals surface area contributed by atoms with E-state index in [0.717, 1.165) is 36.1 Å². The van der Waals surface area contributed by atoms with Crippen molar-refractivity contribution >= 4 is 49.8 Å². The zero-order valence-electron chi connectivity index (χ0n) is 15.5. The van der Waals surface area contributed by atoms with Crippen molar-refractivity contribution in [3.05, 3.63) is 44.6 Å². The van der Waals surface area contributed by atoms with E-state index in [2.05, 4.69) is 31.3 Å². The van der Waals surface area contributed by atoms with E-state index >= 15 is 0 Å². The molecule has 0 unspecified atom stereocenters. The van der Waals surface area contributed by atoms with Gasteiger partial charge in [0.05, 0.1) is 16.1 Å². The van der Waals surface area contributed by atoms with Crippen LogP contribution in [0.1, 0.15) is 58.0 Å². The van der Waals surface area contributed by atoms with Gasteiger partial charge in [-0.2, -0.15) is 5.10 Å². The molecule has 7 nitrogen and oxygen atoms in total. The number of esters is 1. The largest absolute Gasteiger partial charge is 0.459 e. The first-order chi connectivity index (χ1) is 13.5. The molecule has 0 saturated heterocycles. The van der Waals surface area contributed by atoms with E-state index in [0.29, 0.717) is 20.7 Å². The van der Waals surface area contributed by atoms with Gasteiger partial charge in [-0.1, -0.05) is 0 Å². The van der Waals surface area contributed by atoms with Gasteiger partial charge in [-0.05, 0) is 67.1 Å². The molecule has 28 heavy (non-hydrogen) atoms. The number of fused-ring (bicyclic) bond motifs is 2. The number of anilines is 1. The lowest BCUT2D eigenvalue weighted by molar-refractivity contribution is 0.0378. The van der Waals surface area contributed by atoms with Crippen LogP contribution in [0.15, 0.2) is 22.9 Å². The first kappa shape index (κ1) is 19.1. The highest BCUT2D eigenvalue weighted by molar-refractivity contribution is 9.10.